The molecule has 7 nitrogen and oxygen atoms in total. The van der Waals surface area contributed by atoms with Gasteiger partial charge in [0.05, 0.1) is 24.2 Å². The van der Waals surface area contributed by atoms with Crippen LogP contribution in [0.2, 0.25) is 5.02 Å². The topological polar surface area (TPSA) is 68.6 Å². The lowest BCUT2D eigenvalue weighted by Gasteiger charge is -2.25. The Balaban J connectivity index is 1.78. The van der Waals surface area contributed by atoms with Crippen LogP contribution < -0.4 is 10.1 Å². The summed E-state index contributed by atoms with van der Waals surface area (Å²) in [4.78, 5) is 20.3. The summed E-state index contributed by atoms with van der Waals surface area (Å²) in [5, 5.41) is 3.93. The van der Waals surface area contributed by atoms with Crippen molar-refractivity contribution in [2.24, 2.45) is 5.92 Å². The number of fused-ring (bicyclic) bond motifs is 1. The van der Waals surface area contributed by atoms with Gasteiger partial charge in [0.15, 0.2) is 0 Å². The Morgan fingerprint density at radius 1 is 1.17 bits per heavy atom. The summed E-state index contributed by atoms with van der Waals surface area (Å²) in [6.07, 6.45) is 0.961. The zero-order valence-electron chi connectivity index (χ0n) is 21.2. The van der Waals surface area contributed by atoms with E-state index in [-0.39, 0.29) is 5.91 Å². The van der Waals surface area contributed by atoms with Crippen LogP contribution >= 0.6 is 11.6 Å². The molecule has 2 aromatic carbocycles. The van der Waals surface area contributed by atoms with Gasteiger partial charge < -0.3 is 24.3 Å². The summed E-state index contributed by atoms with van der Waals surface area (Å²) in [5.41, 5.74) is 2.50. The van der Waals surface area contributed by atoms with Crippen LogP contribution in [0.25, 0.3) is 11.0 Å². The van der Waals surface area contributed by atoms with E-state index < -0.39 is 0 Å². The molecule has 0 radical (unpaired) electrons. The first-order chi connectivity index (χ1) is 16.9. The fourth-order valence-electron chi connectivity index (χ4n) is 4.01. The molecule has 1 heterocycles. The van der Waals surface area contributed by atoms with Gasteiger partial charge in [-0.05, 0) is 48.7 Å². The highest BCUT2D eigenvalue weighted by Crippen LogP contribution is 2.23. The lowest BCUT2D eigenvalue weighted by Crippen LogP contribution is -2.34. The standard InChI is InChI=1S/C27H37ClN4O3/c1-5-13-32-25-17-22(28)9-10-24(25)30-26(32)19-31(18-20(2)3)27(33)21-7-6-8-23(16-21)35-15-12-29-11-14-34-4/h6-10,16-17,20,29H,5,11-15,18-19H2,1-4H3. The number of carbonyl (C=O) groups excluding carboxylic acids is 1. The average Bonchev–Trinajstić information content (AvgIpc) is 3.16. The molecule has 0 aliphatic rings. The molecule has 0 saturated carbocycles. The van der Waals surface area contributed by atoms with Gasteiger partial charge in [0.2, 0.25) is 0 Å². The van der Waals surface area contributed by atoms with Gasteiger partial charge in [-0.1, -0.05) is 38.4 Å². The number of methoxy groups -OCH3 is 1. The number of aromatic nitrogens is 2. The molecule has 35 heavy (non-hydrogen) atoms. The minimum absolute atomic E-state index is 0.0319. The maximum absolute atomic E-state index is 13.6. The van der Waals surface area contributed by atoms with Gasteiger partial charge >= 0.3 is 0 Å². The monoisotopic (exact) mass is 500 g/mol. The van der Waals surface area contributed by atoms with E-state index in [1.165, 1.54) is 0 Å². The predicted octanol–water partition coefficient (Wildman–Crippen LogP) is 5.01. The number of hydrogen-bond acceptors (Lipinski definition) is 5. The number of halogens is 1. The van der Waals surface area contributed by atoms with Gasteiger partial charge in [-0.15, -0.1) is 0 Å². The maximum Gasteiger partial charge on any atom is 0.254 e. The van der Waals surface area contributed by atoms with Crippen LogP contribution in [0.5, 0.6) is 5.75 Å². The van der Waals surface area contributed by atoms with E-state index in [4.69, 9.17) is 26.1 Å². The number of ether oxygens (including phenoxy) is 2. The molecule has 190 valence electrons. The second kappa shape index (κ2) is 13.5. The second-order valence-electron chi connectivity index (χ2n) is 9.01. The first-order valence-electron chi connectivity index (χ1n) is 12.3. The lowest BCUT2D eigenvalue weighted by atomic mass is 10.1. The molecule has 0 aliphatic carbocycles. The van der Waals surface area contributed by atoms with Crippen molar-refractivity contribution < 1.29 is 14.3 Å². The third kappa shape index (κ3) is 7.69. The van der Waals surface area contributed by atoms with Crippen LogP contribution in [0.1, 0.15) is 43.4 Å². The normalized spacial score (nSPS) is 11.4. The number of aryl methyl sites for hydroxylation is 1. The molecule has 1 amide bonds. The molecule has 8 heteroatoms. The Morgan fingerprint density at radius 3 is 2.71 bits per heavy atom. The Labute approximate surface area is 213 Å². The summed E-state index contributed by atoms with van der Waals surface area (Å²) in [7, 11) is 1.68. The molecule has 0 fully saturated rings. The highest BCUT2D eigenvalue weighted by atomic mass is 35.5. The van der Waals surface area contributed by atoms with Crippen LogP contribution in [-0.4, -0.2) is 60.3 Å². The molecule has 0 spiro atoms. The zero-order chi connectivity index (χ0) is 25.2. The molecule has 0 unspecified atom stereocenters. The van der Waals surface area contributed by atoms with Gasteiger partial charge in [-0.3, -0.25) is 4.79 Å². The Bertz CT molecular complexity index is 1100. The molecule has 1 aromatic heterocycles. The van der Waals surface area contributed by atoms with E-state index in [0.29, 0.717) is 55.1 Å². The Morgan fingerprint density at radius 2 is 1.97 bits per heavy atom. The summed E-state index contributed by atoms with van der Waals surface area (Å²) < 4.78 is 13.1. The molecule has 0 saturated heterocycles. The number of benzene rings is 2. The van der Waals surface area contributed by atoms with Crippen LogP contribution in [0.15, 0.2) is 42.5 Å². The molecule has 0 bridgehead atoms. The minimum atomic E-state index is -0.0319. The summed E-state index contributed by atoms with van der Waals surface area (Å²) in [6.45, 7) is 10.9. The molecule has 0 aliphatic heterocycles. The number of rotatable bonds is 14. The van der Waals surface area contributed by atoms with Crippen molar-refractivity contribution >= 4 is 28.5 Å². The molecule has 1 N–H and O–H groups in total. The van der Waals surface area contributed by atoms with Crippen molar-refractivity contribution in [3.8, 4) is 5.75 Å². The number of carbonyl (C=O) groups is 1. The number of amides is 1. The van der Waals surface area contributed by atoms with Crippen LogP contribution in [-0.2, 0) is 17.8 Å². The van der Waals surface area contributed by atoms with Crippen molar-refractivity contribution in [2.45, 2.75) is 40.3 Å². The molecular weight excluding hydrogens is 464 g/mol. The van der Waals surface area contributed by atoms with E-state index in [1.54, 1.807) is 7.11 Å². The van der Waals surface area contributed by atoms with Crippen molar-refractivity contribution in [1.82, 2.24) is 19.8 Å². The lowest BCUT2D eigenvalue weighted by molar-refractivity contribution is 0.0715. The fraction of sp³-hybridized carbons (Fsp3) is 0.481. The molecule has 3 aromatic rings. The van der Waals surface area contributed by atoms with E-state index in [1.807, 2.05) is 47.4 Å². The third-order valence-electron chi connectivity index (χ3n) is 5.55. The maximum atomic E-state index is 13.6. The van der Waals surface area contributed by atoms with Crippen molar-refractivity contribution in [3.63, 3.8) is 0 Å². The minimum Gasteiger partial charge on any atom is -0.492 e. The van der Waals surface area contributed by atoms with Crippen molar-refractivity contribution in [1.29, 1.82) is 0 Å². The van der Waals surface area contributed by atoms with E-state index in [0.717, 1.165) is 36.4 Å². The van der Waals surface area contributed by atoms with Crippen molar-refractivity contribution in [2.75, 3.05) is 40.0 Å². The summed E-state index contributed by atoms with van der Waals surface area (Å²) >= 11 is 6.26. The van der Waals surface area contributed by atoms with E-state index >= 15 is 0 Å². The SMILES string of the molecule is CCCn1c(CN(CC(C)C)C(=O)c2cccc(OCCNCCOC)c2)nc2ccc(Cl)cc21. The second-order valence-corrected chi connectivity index (χ2v) is 9.45. The van der Waals surface area contributed by atoms with Crippen LogP contribution in [0.4, 0.5) is 0 Å². The van der Waals surface area contributed by atoms with Crippen molar-refractivity contribution in [3.05, 3.63) is 58.9 Å². The first-order valence-corrected chi connectivity index (χ1v) is 12.7. The highest BCUT2D eigenvalue weighted by molar-refractivity contribution is 6.31. The number of hydrogen-bond donors (Lipinski definition) is 1. The highest BCUT2D eigenvalue weighted by Gasteiger charge is 2.21. The molecule has 3 rings (SSSR count). The largest absolute Gasteiger partial charge is 0.492 e. The summed E-state index contributed by atoms with van der Waals surface area (Å²) in [5.74, 6) is 1.83. The smallest absolute Gasteiger partial charge is 0.254 e. The van der Waals surface area contributed by atoms with Gasteiger partial charge in [-0.25, -0.2) is 4.98 Å². The molecule has 0 atom stereocenters. The van der Waals surface area contributed by atoms with Gasteiger partial charge in [-0.2, -0.15) is 0 Å². The Hall–Kier alpha value is -2.61. The van der Waals surface area contributed by atoms with Gasteiger partial charge in [0.1, 0.15) is 18.2 Å². The zero-order valence-corrected chi connectivity index (χ0v) is 22.0. The van der Waals surface area contributed by atoms with Gasteiger partial charge in [0.25, 0.3) is 5.91 Å². The fourth-order valence-corrected chi connectivity index (χ4v) is 4.18. The number of nitrogens with one attached hydrogen (secondary N) is 1. The van der Waals surface area contributed by atoms with E-state index in [9.17, 15) is 4.79 Å². The van der Waals surface area contributed by atoms with Crippen LogP contribution in [0.3, 0.4) is 0 Å². The van der Waals surface area contributed by atoms with Gasteiger partial charge in [0, 0.05) is 43.9 Å². The number of imidazole rings is 1. The quantitative estimate of drug-likeness (QED) is 0.315. The Kier molecular flexibility index (Phi) is 10.4. The predicted molar refractivity (Wildman–Crippen MR) is 141 cm³/mol. The third-order valence-corrected chi connectivity index (χ3v) is 5.79. The molecular formula is C27H37ClN4O3. The van der Waals surface area contributed by atoms with Crippen LogP contribution in [0, 0.1) is 5.92 Å². The first kappa shape index (κ1) is 27.0. The number of nitrogens with zero attached hydrogens (tertiary/aromatic N) is 3. The average molecular weight is 501 g/mol. The van der Waals surface area contributed by atoms with E-state index in [2.05, 4.69) is 30.7 Å². The summed E-state index contributed by atoms with van der Waals surface area (Å²) in [6, 6.07) is 13.1.